The normalized spacial score (nSPS) is 43.5. The molecule has 24 heavy (non-hydrogen) atoms. The minimum atomic E-state index is -2.90. The van der Waals surface area contributed by atoms with Crippen LogP contribution in [0.1, 0.15) is 90.9 Å². The Morgan fingerprint density at radius 1 is 0.750 bits per heavy atom. The number of rotatable bonds is 4. The van der Waals surface area contributed by atoms with Gasteiger partial charge in [-0.1, -0.05) is 65.2 Å². The topological polar surface area (TPSA) is 9.23 Å². The lowest BCUT2D eigenvalue weighted by Gasteiger charge is -2.40. The van der Waals surface area contributed by atoms with E-state index in [1.807, 2.05) is 0 Å². The third-order valence-corrected chi connectivity index (χ3v) is 7.30. The Labute approximate surface area is 146 Å². The van der Waals surface area contributed by atoms with Crippen LogP contribution in [0.5, 0.6) is 0 Å². The summed E-state index contributed by atoms with van der Waals surface area (Å²) in [5, 5.41) is 0. The van der Waals surface area contributed by atoms with Crippen LogP contribution in [-0.2, 0) is 4.74 Å². The van der Waals surface area contributed by atoms with Gasteiger partial charge >= 0.3 is 6.11 Å². The van der Waals surface area contributed by atoms with Gasteiger partial charge in [0.05, 0.1) is 6.10 Å². The summed E-state index contributed by atoms with van der Waals surface area (Å²) in [5.74, 6) is 2.48. The zero-order valence-corrected chi connectivity index (χ0v) is 15.6. The molecule has 2 saturated carbocycles. The van der Waals surface area contributed by atoms with Gasteiger partial charge in [-0.25, -0.2) is 0 Å². The van der Waals surface area contributed by atoms with Crippen LogP contribution in [0, 0.1) is 29.6 Å². The number of alkyl halides is 2. The molecular formula is C21H36F2O. The lowest BCUT2D eigenvalue weighted by atomic mass is 9.74. The molecule has 3 heteroatoms. The Morgan fingerprint density at radius 2 is 1.29 bits per heavy atom. The Hall–Kier alpha value is -0.180. The Bertz CT molecular complexity index is 381. The molecule has 0 aromatic rings. The molecule has 0 spiro atoms. The van der Waals surface area contributed by atoms with Crippen LogP contribution in [-0.4, -0.2) is 12.2 Å². The van der Waals surface area contributed by atoms with Crippen LogP contribution in [0.2, 0.25) is 0 Å². The number of ether oxygens (including phenoxy) is 1. The lowest BCUT2D eigenvalue weighted by Crippen LogP contribution is -2.43. The number of hydrogen-bond acceptors (Lipinski definition) is 1. The van der Waals surface area contributed by atoms with Crippen LogP contribution >= 0.6 is 0 Å². The van der Waals surface area contributed by atoms with Crippen LogP contribution in [0.4, 0.5) is 8.78 Å². The molecular weight excluding hydrogens is 306 g/mol. The van der Waals surface area contributed by atoms with Gasteiger partial charge in [-0.2, -0.15) is 8.78 Å². The minimum Gasteiger partial charge on any atom is -0.317 e. The van der Waals surface area contributed by atoms with Gasteiger partial charge in [0.15, 0.2) is 0 Å². The SMILES string of the molecule is CC1CCC(CCC2CCC(C3CCC(C)C(F)(F)O3)CC2)CC1. The van der Waals surface area contributed by atoms with E-state index < -0.39 is 12.0 Å². The average Bonchev–Trinajstić information content (AvgIpc) is 2.57. The molecule has 0 N–H and O–H groups in total. The fourth-order valence-corrected chi connectivity index (χ4v) is 5.23. The second-order valence-electron chi connectivity index (χ2n) is 9.18. The summed E-state index contributed by atoms with van der Waals surface area (Å²) in [6, 6.07) is 0. The van der Waals surface area contributed by atoms with Crippen molar-refractivity contribution in [2.24, 2.45) is 29.6 Å². The van der Waals surface area contributed by atoms with E-state index in [0.29, 0.717) is 12.3 Å². The molecule has 1 nitrogen and oxygen atoms in total. The summed E-state index contributed by atoms with van der Waals surface area (Å²) in [5.41, 5.74) is 0. The highest BCUT2D eigenvalue weighted by molar-refractivity contribution is 4.84. The molecule has 3 fully saturated rings. The average molecular weight is 343 g/mol. The summed E-state index contributed by atoms with van der Waals surface area (Å²) < 4.78 is 32.8. The Morgan fingerprint density at radius 3 is 1.83 bits per heavy atom. The van der Waals surface area contributed by atoms with E-state index in [-0.39, 0.29) is 6.10 Å². The highest BCUT2D eigenvalue weighted by Gasteiger charge is 2.46. The van der Waals surface area contributed by atoms with Crippen molar-refractivity contribution in [2.75, 3.05) is 0 Å². The largest absolute Gasteiger partial charge is 0.358 e. The second-order valence-corrected chi connectivity index (χ2v) is 9.18. The van der Waals surface area contributed by atoms with Crippen molar-refractivity contribution in [1.82, 2.24) is 0 Å². The first-order valence-corrected chi connectivity index (χ1v) is 10.5. The molecule has 2 unspecified atom stereocenters. The van der Waals surface area contributed by atoms with E-state index in [2.05, 4.69) is 6.92 Å². The van der Waals surface area contributed by atoms with Crippen molar-refractivity contribution < 1.29 is 13.5 Å². The molecule has 1 aliphatic heterocycles. The van der Waals surface area contributed by atoms with Gasteiger partial charge in [0.1, 0.15) is 0 Å². The Balaban J connectivity index is 1.37. The van der Waals surface area contributed by atoms with Crippen molar-refractivity contribution in [3.8, 4) is 0 Å². The summed E-state index contributed by atoms with van der Waals surface area (Å²) in [6.45, 7) is 3.99. The van der Waals surface area contributed by atoms with Gasteiger partial charge < -0.3 is 4.74 Å². The van der Waals surface area contributed by atoms with Crippen molar-refractivity contribution in [3.63, 3.8) is 0 Å². The first kappa shape index (κ1) is 18.6. The molecule has 1 heterocycles. The predicted molar refractivity (Wildman–Crippen MR) is 94.0 cm³/mol. The van der Waals surface area contributed by atoms with Crippen LogP contribution in [0.3, 0.4) is 0 Å². The maximum Gasteiger partial charge on any atom is 0.358 e. The fourth-order valence-electron chi connectivity index (χ4n) is 5.23. The predicted octanol–water partition coefficient (Wildman–Crippen LogP) is 6.81. The van der Waals surface area contributed by atoms with E-state index in [1.54, 1.807) is 6.92 Å². The zero-order valence-electron chi connectivity index (χ0n) is 15.6. The first-order chi connectivity index (χ1) is 11.4. The third kappa shape index (κ3) is 4.71. The quantitative estimate of drug-likeness (QED) is 0.545. The fraction of sp³-hybridized carbons (Fsp3) is 1.00. The lowest BCUT2D eigenvalue weighted by molar-refractivity contribution is -0.319. The summed E-state index contributed by atoms with van der Waals surface area (Å²) in [4.78, 5) is 0. The number of hydrogen-bond donors (Lipinski definition) is 0. The highest BCUT2D eigenvalue weighted by Crippen LogP contribution is 2.43. The molecule has 3 rings (SSSR count). The highest BCUT2D eigenvalue weighted by atomic mass is 19.3. The van der Waals surface area contributed by atoms with Crippen molar-refractivity contribution >= 4 is 0 Å². The monoisotopic (exact) mass is 342 g/mol. The third-order valence-electron chi connectivity index (χ3n) is 7.30. The van der Waals surface area contributed by atoms with E-state index in [9.17, 15) is 8.78 Å². The second kappa shape index (κ2) is 8.01. The standard InChI is InChI=1S/C21H36F2O/c1-15-3-6-17(7-4-15)8-9-18-10-12-19(13-11-18)20-14-5-16(2)21(22,23)24-20/h15-20H,3-14H2,1-2H3. The summed E-state index contributed by atoms with van der Waals surface area (Å²) >= 11 is 0. The molecule has 140 valence electrons. The maximum absolute atomic E-state index is 13.8. The van der Waals surface area contributed by atoms with Crippen molar-refractivity contribution in [3.05, 3.63) is 0 Å². The van der Waals surface area contributed by atoms with Gasteiger partial charge in [-0.3, -0.25) is 0 Å². The van der Waals surface area contributed by atoms with Crippen LogP contribution in [0.15, 0.2) is 0 Å². The zero-order chi connectivity index (χ0) is 17.2. The van der Waals surface area contributed by atoms with E-state index in [4.69, 9.17) is 4.74 Å². The molecule has 2 aliphatic carbocycles. The molecule has 0 bridgehead atoms. The van der Waals surface area contributed by atoms with Crippen LogP contribution < -0.4 is 0 Å². The smallest absolute Gasteiger partial charge is 0.317 e. The minimum absolute atomic E-state index is 0.197. The van der Waals surface area contributed by atoms with E-state index in [1.165, 1.54) is 51.4 Å². The van der Waals surface area contributed by atoms with Crippen molar-refractivity contribution in [2.45, 2.75) is 103 Å². The first-order valence-electron chi connectivity index (χ1n) is 10.5. The summed E-state index contributed by atoms with van der Waals surface area (Å²) in [6.07, 6.45) is 11.5. The van der Waals surface area contributed by atoms with Crippen LogP contribution in [0.25, 0.3) is 0 Å². The van der Waals surface area contributed by atoms with Gasteiger partial charge in [0.25, 0.3) is 0 Å². The van der Waals surface area contributed by atoms with Gasteiger partial charge in [0, 0.05) is 5.92 Å². The van der Waals surface area contributed by atoms with E-state index >= 15 is 0 Å². The van der Waals surface area contributed by atoms with E-state index in [0.717, 1.165) is 37.0 Å². The molecule has 1 saturated heterocycles. The molecule has 0 amide bonds. The molecule has 2 atom stereocenters. The van der Waals surface area contributed by atoms with Gasteiger partial charge in [-0.05, 0) is 49.4 Å². The number of halogens is 2. The van der Waals surface area contributed by atoms with Gasteiger partial charge in [0.2, 0.25) is 0 Å². The maximum atomic E-state index is 13.8. The molecule has 0 aromatic carbocycles. The van der Waals surface area contributed by atoms with Crippen molar-refractivity contribution in [1.29, 1.82) is 0 Å². The molecule has 3 aliphatic rings. The van der Waals surface area contributed by atoms with Gasteiger partial charge in [-0.15, -0.1) is 0 Å². The molecule has 0 radical (unpaired) electrons. The summed E-state index contributed by atoms with van der Waals surface area (Å²) in [7, 11) is 0. The molecule has 0 aromatic heterocycles. The Kier molecular flexibility index (Phi) is 6.21.